The zero-order chi connectivity index (χ0) is 19.7. The smallest absolute Gasteiger partial charge is 0.315 e. The second-order valence-electron chi connectivity index (χ2n) is 8.83. The van der Waals surface area contributed by atoms with Gasteiger partial charge in [0.1, 0.15) is 5.75 Å². The Labute approximate surface area is 165 Å². The maximum atomic E-state index is 12.4. The van der Waals surface area contributed by atoms with Crippen LogP contribution in [0.2, 0.25) is 0 Å². The molecule has 0 heterocycles. The molecule has 7 nitrogen and oxygen atoms in total. The van der Waals surface area contributed by atoms with Crippen LogP contribution in [0.5, 0.6) is 5.75 Å². The second kappa shape index (κ2) is 7.53. The molecule has 152 valence electrons. The van der Waals surface area contributed by atoms with E-state index in [1.807, 2.05) is 0 Å². The maximum Gasteiger partial charge on any atom is 0.315 e. The number of nitrogen functional groups attached to an aromatic ring is 1. The summed E-state index contributed by atoms with van der Waals surface area (Å²) in [5.41, 5.74) is 6.91. The molecule has 0 unspecified atom stereocenters. The van der Waals surface area contributed by atoms with Crippen molar-refractivity contribution < 1.29 is 14.3 Å². The van der Waals surface area contributed by atoms with Crippen LogP contribution in [0.25, 0.3) is 0 Å². The van der Waals surface area contributed by atoms with E-state index in [-0.39, 0.29) is 23.9 Å². The van der Waals surface area contributed by atoms with Crippen LogP contribution in [0.1, 0.15) is 44.9 Å². The first kappa shape index (κ1) is 18.9. The number of urea groups is 1. The van der Waals surface area contributed by atoms with Crippen LogP contribution in [0.3, 0.4) is 0 Å². The number of carbonyl (C=O) groups excluding carboxylic acids is 2. The predicted octanol–water partition coefficient (Wildman–Crippen LogP) is 2.87. The van der Waals surface area contributed by atoms with Crippen molar-refractivity contribution >= 4 is 23.3 Å². The average molecular weight is 386 g/mol. The van der Waals surface area contributed by atoms with Gasteiger partial charge in [-0.15, -0.1) is 0 Å². The van der Waals surface area contributed by atoms with Crippen LogP contribution in [0.15, 0.2) is 18.2 Å². The van der Waals surface area contributed by atoms with Crippen molar-refractivity contribution in [3.63, 3.8) is 0 Å². The Bertz CT molecular complexity index is 729. The summed E-state index contributed by atoms with van der Waals surface area (Å²) in [4.78, 5) is 24.5. The van der Waals surface area contributed by atoms with E-state index in [9.17, 15) is 9.59 Å². The van der Waals surface area contributed by atoms with Crippen LogP contribution in [0, 0.1) is 17.8 Å². The first-order valence-corrected chi connectivity index (χ1v) is 10.2. The van der Waals surface area contributed by atoms with Crippen LogP contribution in [-0.4, -0.2) is 31.1 Å². The normalized spacial score (nSPS) is 30.0. The molecule has 7 heteroatoms. The molecule has 4 fully saturated rings. The molecule has 5 rings (SSSR count). The quantitative estimate of drug-likeness (QED) is 0.564. The van der Waals surface area contributed by atoms with Gasteiger partial charge in [0.05, 0.1) is 12.8 Å². The minimum absolute atomic E-state index is 0.0122. The van der Waals surface area contributed by atoms with E-state index < -0.39 is 0 Å². The summed E-state index contributed by atoms with van der Waals surface area (Å²) >= 11 is 0. The number of nitrogens with one attached hydrogen (secondary N) is 3. The summed E-state index contributed by atoms with van der Waals surface area (Å²) in [6.07, 6.45) is 7.60. The van der Waals surface area contributed by atoms with E-state index in [1.165, 1.54) is 19.3 Å². The molecule has 4 saturated carbocycles. The molecule has 3 amide bonds. The van der Waals surface area contributed by atoms with Crippen molar-refractivity contribution in [2.24, 2.45) is 17.8 Å². The highest BCUT2D eigenvalue weighted by Gasteiger charge is 2.51. The molecule has 1 aromatic rings. The lowest BCUT2D eigenvalue weighted by Gasteiger charge is -2.56. The molecule has 0 aliphatic heterocycles. The third-order valence-electron chi connectivity index (χ3n) is 6.57. The zero-order valence-electron chi connectivity index (χ0n) is 16.4. The topological polar surface area (TPSA) is 105 Å². The van der Waals surface area contributed by atoms with E-state index >= 15 is 0 Å². The number of nitrogens with two attached hydrogens (primary N) is 1. The van der Waals surface area contributed by atoms with Crippen LogP contribution >= 0.6 is 0 Å². The van der Waals surface area contributed by atoms with Gasteiger partial charge < -0.3 is 26.4 Å². The van der Waals surface area contributed by atoms with Crippen LogP contribution < -0.4 is 26.4 Å². The van der Waals surface area contributed by atoms with Gasteiger partial charge in [-0.05, 0) is 74.5 Å². The van der Waals surface area contributed by atoms with Gasteiger partial charge in [0, 0.05) is 24.2 Å². The lowest BCUT2D eigenvalue weighted by molar-refractivity contribution is -0.116. The number of methoxy groups -OCH3 is 1. The average Bonchev–Trinajstić information content (AvgIpc) is 2.60. The third-order valence-corrected chi connectivity index (χ3v) is 6.57. The van der Waals surface area contributed by atoms with Gasteiger partial charge in [-0.3, -0.25) is 4.79 Å². The number of ether oxygens (including phenoxy) is 1. The Balaban J connectivity index is 1.21. The van der Waals surface area contributed by atoms with Crippen molar-refractivity contribution in [3.05, 3.63) is 18.2 Å². The third kappa shape index (κ3) is 4.03. The summed E-state index contributed by atoms with van der Waals surface area (Å²) in [7, 11) is 1.55. The lowest BCUT2D eigenvalue weighted by Crippen LogP contribution is -2.61. The standard InChI is InChI=1S/C21H30N4O3/c1-28-18-3-2-16(9-17(18)22)24-19(26)4-5-23-20(27)25-21-10-13-6-14(11-21)8-15(7-13)12-21/h2-3,9,13-15H,4-8,10-12,22H2,1H3,(H,24,26)(H2,23,25,27). The number of anilines is 2. The van der Waals surface area contributed by atoms with Gasteiger partial charge in [-0.2, -0.15) is 0 Å². The summed E-state index contributed by atoms with van der Waals surface area (Å²) in [6, 6.07) is 4.95. The molecule has 0 aromatic heterocycles. The fourth-order valence-electron chi connectivity index (χ4n) is 5.87. The molecule has 4 aliphatic carbocycles. The molecular formula is C21H30N4O3. The largest absolute Gasteiger partial charge is 0.495 e. The number of hydrogen-bond acceptors (Lipinski definition) is 4. The molecule has 0 saturated heterocycles. The highest BCUT2D eigenvalue weighted by atomic mass is 16.5. The molecule has 0 atom stereocenters. The number of hydrogen-bond donors (Lipinski definition) is 4. The fourth-order valence-corrected chi connectivity index (χ4v) is 5.87. The summed E-state index contributed by atoms with van der Waals surface area (Å²) in [5, 5.41) is 8.89. The highest BCUT2D eigenvalue weighted by Crippen LogP contribution is 2.55. The molecule has 1 aromatic carbocycles. The van der Waals surface area contributed by atoms with Crippen LogP contribution in [-0.2, 0) is 4.79 Å². The van der Waals surface area contributed by atoms with Crippen LogP contribution in [0.4, 0.5) is 16.2 Å². The van der Waals surface area contributed by atoms with Gasteiger partial charge in [0.2, 0.25) is 5.91 Å². The van der Waals surface area contributed by atoms with E-state index in [0.717, 1.165) is 37.0 Å². The van der Waals surface area contributed by atoms with E-state index in [4.69, 9.17) is 10.5 Å². The maximum absolute atomic E-state index is 12.4. The lowest BCUT2D eigenvalue weighted by atomic mass is 9.53. The van der Waals surface area contributed by atoms with E-state index in [1.54, 1.807) is 25.3 Å². The van der Waals surface area contributed by atoms with Crippen molar-refractivity contribution in [2.45, 2.75) is 50.5 Å². The zero-order valence-corrected chi connectivity index (χ0v) is 16.4. The highest BCUT2D eigenvalue weighted by molar-refractivity contribution is 5.91. The molecule has 4 bridgehead atoms. The number of carbonyl (C=O) groups is 2. The van der Waals surface area contributed by atoms with E-state index in [2.05, 4.69) is 16.0 Å². The number of amides is 3. The van der Waals surface area contributed by atoms with E-state index in [0.29, 0.717) is 23.7 Å². The van der Waals surface area contributed by atoms with Gasteiger partial charge >= 0.3 is 6.03 Å². The fraction of sp³-hybridized carbons (Fsp3) is 0.619. The Morgan fingerprint density at radius 2 is 1.79 bits per heavy atom. The summed E-state index contributed by atoms with van der Waals surface area (Å²) in [6.45, 7) is 0.301. The van der Waals surface area contributed by atoms with Crippen molar-refractivity contribution in [1.29, 1.82) is 0 Å². The van der Waals surface area contributed by atoms with Gasteiger partial charge in [-0.25, -0.2) is 4.79 Å². The molecule has 5 N–H and O–H groups in total. The molecule has 4 aliphatic rings. The minimum atomic E-state index is -0.167. The SMILES string of the molecule is COc1ccc(NC(=O)CCNC(=O)NC23CC4CC(CC(C4)C2)C3)cc1N. The van der Waals surface area contributed by atoms with Gasteiger partial charge in [0.25, 0.3) is 0 Å². The molecule has 28 heavy (non-hydrogen) atoms. The van der Waals surface area contributed by atoms with Gasteiger partial charge in [0.15, 0.2) is 0 Å². The molecule has 0 spiro atoms. The number of rotatable bonds is 6. The summed E-state index contributed by atoms with van der Waals surface area (Å²) < 4.78 is 5.10. The van der Waals surface area contributed by atoms with Crippen molar-refractivity contribution in [3.8, 4) is 5.75 Å². The Morgan fingerprint density at radius 1 is 1.14 bits per heavy atom. The number of benzene rings is 1. The summed E-state index contributed by atoms with van der Waals surface area (Å²) in [5.74, 6) is 2.76. The van der Waals surface area contributed by atoms with Crippen molar-refractivity contribution in [1.82, 2.24) is 10.6 Å². The molecular weight excluding hydrogens is 356 g/mol. The van der Waals surface area contributed by atoms with Gasteiger partial charge in [-0.1, -0.05) is 0 Å². The predicted molar refractivity (Wildman–Crippen MR) is 108 cm³/mol. The van der Waals surface area contributed by atoms with Crippen molar-refractivity contribution in [2.75, 3.05) is 24.7 Å². The minimum Gasteiger partial charge on any atom is -0.495 e. The molecule has 0 radical (unpaired) electrons. The Hall–Kier alpha value is -2.44. The monoisotopic (exact) mass is 386 g/mol. The Kier molecular flexibility index (Phi) is 5.08. The first-order valence-electron chi connectivity index (χ1n) is 10.2. The first-order chi connectivity index (χ1) is 13.4. The Morgan fingerprint density at radius 3 is 2.36 bits per heavy atom. The second-order valence-corrected chi connectivity index (χ2v) is 8.83.